The zero-order valence-corrected chi connectivity index (χ0v) is 10.9. The van der Waals surface area contributed by atoms with Crippen molar-refractivity contribution < 1.29 is 8.42 Å². The van der Waals surface area contributed by atoms with Gasteiger partial charge in [-0.25, -0.2) is 17.7 Å². The second-order valence-corrected chi connectivity index (χ2v) is 6.03. The molecule has 2 aromatic rings. The second kappa shape index (κ2) is 5.16. The Bertz CT molecular complexity index is 645. The molecule has 1 aromatic carbocycles. The summed E-state index contributed by atoms with van der Waals surface area (Å²) in [5.41, 5.74) is 0. The first-order chi connectivity index (χ1) is 8.66. The monoisotopic (exact) mass is 279 g/mol. The molecule has 1 aromatic heterocycles. The van der Waals surface area contributed by atoms with Crippen LogP contribution in [0.4, 0.5) is 5.13 Å². The summed E-state index contributed by atoms with van der Waals surface area (Å²) in [5, 5.41) is 10.7. The van der Waals surface area contributed by atoms with Crippen molar-refractivity contribution >= 4 is 26.5 Å². The number of nitrogens with zero attached hydrogens (tertiary/aromatic N) is 3. The number of aromatic nitrogens is 1. The van der Waals surface area contributed by atoms with Gasteiger partial charge in [0.2, 0.25) is 0 Å². The molecular weight excluding hydrogens is 270 g/mol. The summed E-state index contributed by atoms with van der Waals surface area (Å²) in [5.74, 6) is 0. The average molecular weight is 279 g/mol. The summed E-state index contributed by atoms with van der Waals surface area (Å²) in [6, 6.07) is 9.84. The minimum absolute atomic E-state index is 0.149. The Morgan fingerprint density at radius 3 is 2.61 bits per heavy atom. The van der Waals surface area contributed by atoms with Crippen molar-refractivity contribution in [2.24, 2.45) is 0 Å². The molecule has 0 bridgehead atoms. The highest BCUT2D eigenvalue weighted by atomic mass is 32.2. The molecule has 0 aliphatic carbocycles. The van der Waals surface area contributed by atoms with E-state index in [2.05, 4.69) is 4.98 Å². The molecule has 0 saturated heterocycles. The molecule has 0 radical (unpaired) electrons. The van der Waals surface area contributed by atoms with E-state index in [-0.39, 0.29) is 11.4 Å². The lowest BCUT2D eigenvalue weighted by molar-refractivity contribution is 0.593. The Labute approximate surface area is 109 Å². The summed E-state index contributed by atoms with van der Waals surface area (Å²) < 4.78 is 25.7. The SMILES string of the molecule is N#CCN(c1nccs1)S(=O)(=O)c1ccccc1. The number of sulfonamides is 1. The van der Waals surface area contributed by atoms with E-state index in [1.54, 1.807) is 23.6 Å². The van der Waals surface area contributed by atoms with Crippen LogP contribution in [-0.2, 0) is 10.0 Å². The van der Waals surface area contributed by atoms with Crippen LogP contribution in [0.1, 0.15) is 0 Å². The Kier molecular flexibility index (Phi) is 3.60. The molecule has 5 nitrogen and oxygen atoms in total. The molecular formula is C11H9N3O2S2. The molecule has 7 heteroatoms. The van der Waals surface area contributed by atoms with Crippen LogP contribution < -0.4 is 4.31 Å². The number of benzene rings is 1. The van der Waals surface area contributed by atoms with Gasteiger partial charge in [0.25, 0.3) is 10.0 Å². The van der Waals surface area contributed by atoms with Crippen LogP contribution in [0.2, 0.25) is 0 Å². The first-order valence-corrected chi connectivity index (χ1v) is 7.32. The largest absolute Gasteiger partial charge is 0.267 e. The number of thiazole rings is 1. The molecule has 0 aliphatic rings. The lowest BCUT2D eigenvalue weighted by Crippen LogP contribution is -2.31. The Morgan fingerprint density at radius 1 is 1.33 bits per heavy atom. The Hall–Kier alpha value is -1.91. The van der Waals surface area contributed by atoms with Gasteiger partial charge in [-0.2, -0.15) is 5.26 Å². The molecule has 18 heavy (non-hydrogen) atoms. The van der Waals surface area contributed by atoms with E-state index < -0.39 is 10.0 Å². The predicted octanol–water partition coefficient (Wildman–Crippen LogP) is 1.86. The molecule has 2 rings (SSSR count). The van der Waals surface area contributed by atoms with Gasteiger partial charge in [0, 0.05) is 11.6 Å². The molecule has 0 aliphatic heterocycles. The molecule has 0 atom stereocenters. The Morgan fingerprint density at radius 2 is 2.06 bits per heavy atom. The van der Waals surface area contributed by atoms with E-state index in [1.807, 2.05) is 6.07 Å². The van der Waals surface area contributed by atoms with Crippen LogP contribution in [0.3, 0.4) is 0 Å². The van der Waals surface area contributed by atoms with Crippen LogP contribution in [0.5, 0.6) is 0 Å². The van der Waals surface area contributed by atoms with E-state index >= 15 is 0 Å². The maximum Gasteiger partial charge on any atom is 0.267 e. The maximum atomic E-state index is 12.4. The minimum Gasteiger partial charge on any atom is -0.228 e. The first-order valence-electron chi connectivity index (χ1n) is 5.00. The second-order valence-electron chi connectivity index (χ2n) is 3.30. The molecule has 0 N–H and O–H groups in total. The van der Waals surface area contributed by atoms with Crippen LogP contribution in [0.25, 0.3) is 0 Å². The quantitative estimate of drug-likeness (QED) is 0.801. The van der Waals surface area contributed by atoms with Crippen molar-refractivity contribution in [3.8, 4) is 6.07 Å². The first kappa shape index (κ1) is 12.5. The summed E-state index contributed by atoms with van der Waals surface area (Å²) in [7, 11) is -3.73. The van der Waals surface area contributed by atoms with Gasteiger partial charge in [-0.3, -0.25) is 0 Å². The van der Waals surface area contributed by atoms with Gasteiger partial charge in [0.1, 0.15) is 6.54 Å². The lowest BCUT2D eigenvalue weighted by Gasteiger charge is -2.18. The topological polar surface area (TPSA) is 74.1 Å². The van der Waals surface area contributed by atoms with Crippen molar-refractivity contribution in [3.63, 3.8) is 0 Å². The maximum absolute atomic E-state index is 12.4. The standard InChI is InChI=1S/C11H9N3O2S2/c12-6-8-14(11-13-7-9-17-11)18(15,16)10-4-2-1-3-5-10/h1-5,7,9H,8H2. The normalized spacial score (nSPS) is 10.8. The zero-order chi connectivity index (χ0) is 13.0. The highest BCUT2D eigenvalue weighted by molar-refractivity contribution is 7.93. The van der Waals surface area contributed by atoms with Gasteiger partial charge in [-0.05, 0) is 12.1 Å². The van der Waals surface area contributed by atoms with Gasteiger partial charge < -0.3 is 0 Å². The summed E-state index contributed by atoms with van der Waals surface area (Å²) in [4.78, 5) is 4.09. The highest BCUT2D eigenvalue weighted by Crippen LogP contribution is 2.24. The third-order valence-corrected chi connectivity index (χ3v) is 4.84. The fourth-order valence-corrected chi connectivity index (χ4v) is 3.59. The molecule has 0 spiro atoms. The Balaban J connectivity index is 2.47. The summed E-state index contributed by atoms with van der Waals surface area (Å²) in [6.45, 7) is -0.259. The van der Waals surface area contributed by atoms with Crippen molar-refractivity contribution in [3.05, 3.63) is 41.9 Å². The van der Waals surface area contributed by atoms with Crippen molar-refractivity contribution in [1.82, 2.24) is 4.98 Å². The van der Waals surface area contributed by atoms with Crippen molar-refractivity contribution in [2.45, 2.75) is 4.90 Å². The zero-order valence-electron chi connectivity index (χ0n) is 9.22. The molecule has 0 amide bonds. The highest BCUT2D eigenvalue weighted by Gasteiger charge is 2.26. The van der Waals surface area contributed by atoms with Gasteiger partial charge in [0.05, 0.1) is 11.0 Å². The summed E-state index contributed by atoms with van der Waals surface area (Å²) >= 11 is 1.18. The fraction of sp³-hybridized carbons (Fsp3) is 0.0909. The van der Waals surface area contributed by atoms with Gasteiger partial charge in [0.15, 0.2) is 5.13 Å². The molecule has 1 heterocycles. The van der Waals surface area contributed by atoms with Crippen LogP contribution in [0.15, 0.2) is 46.8 Å². The lowest BCUT2D eigenvalue weighted by atomic mass is 10.4. The number of hydrogen-bond donors (Lipinski definition) is 0. The van der Waals surface area contributed by atoms with E-state index in [4.69, 9.17) is 5.26 Å². The molecule has 0 fully saturated rings. The van der Waals surface area contributed by atoms with Crippen LogP contribution >= 0.6 is 11.3 Å². The number of anilines is 1. The van der Waals surface area contributed by atoms with E-state index in [9.17, 15) is 8.42 Å². The fourth-order valence-electron chi connectivity index (χ4n) is 1.38. The smallest absolute Gasteiger partial charge is 0.228 e. The number of nitriles is 1. The number of hydrogen-bond acceptors (Lipinski definition) is 5. The van der Waals surface area contributed by atoms with E-state index in [1.165, 1.54) is 29.7 Å². The van der Waals surface area contributed by atoms with Crippen molar-refractivity contribution in [1.29, 1.82) is 5.26 Å². The van der Waals surface area contributed by atoms with Crippen LogP contribution in [-0.4, -0.2) is 19.9 Å². The number of rotatable bonds is 4. The van der Waals surface area contributed by atoms with Gasteiger partial charge in [-0.15, -0.1) is 11.3 Å². The van der Waals surface area contributed by atoms with E-state index in [0.717, 1.165) is 4.31 Å². The van der Waals surface area contributed by atoms with Gasteiger partial charge >= 0.3 is 0 Å². The third kappa shape index (κ3) is 2.34. The van der Waals surface area contributed by atoms with Crippen molar-refractivity contribution in [2.75, 3.05) is 10.8 Å². The molecule has 0 saturated carbocycles. The third-order valence-electron chi connectivity index (χ3n) is 2.18. The van der Waals surface area contributed by atoms with Gasteiger partial charge in [-0.1, -0.05) is 18.2 Å². The summed E-state index contributed by atoms with van der Waals surface area (Å²) in [6.07, 6.45) is 1.50. The van der Waals surface area contributed by atoms with Crippen LogP contribution in [0, 0.1) is 11.3 Å². The minimum atomic E-state index is -3.73. The predicted molar refractivity (Wildman–Crippen MR) is 68.7 cm³/mol. The molecule has 0 unspecified atom stereocenters. The van der Waals surface area contributed by atoms with E-state index in [0.29, 0.717) is 5.13 Å². The molecule has 92 valence electrons. The average Bonchev–Trinajstić information content (AvgIpc) is 2.90.